The molecule has 0 bridgehead atoms. The molecule has 6 heteroatoms. The fourth-order valence-electron chi connectivity index (χ4n) is 1.73. The number of furan rings is 1. The highest BCUT2D eigenvalue weighted by atomic mass is 17.2. The number of hydrogen-bond acceptors (Lipinski definition) is 5. The summed E-state index contributed by atoms with van der Waals surface area (Å²) in [6.45, 7) is 4.06. The monoisotopic (exact) mass is 252 g/mol. The average Bonchev–Trinajstić information content (AvgIpc) is 2.88. The number of carbonyl (C=O) groups is 1. The second-order valence-electron chi connectivity index (χ2n) is 3.94. The van der Waals surface area contributed by atoms with Crippen LogP contribution in [-0.4, -0.2) is 23.1 Å². The average molecular weight is 252 g/mol. The Morgan fingerprint density at radius 3 is 3.00 bits per heavy atom. The summed E-state index contributed by atoms with van der Waals surface area (Å²) in [6, 6.07) is 2.87. The first-order chi connectivity index (χ1) is 8.65. The fourth-order valence-corrected chi connectivity index (χ4v) is 1.73. The van der Waals surface area contributed by atoms with Crippen LogP contribution in [-0.2, 0) is 16.4 Å². The molecule has 0 aliphatic heterocycles. The summed E-state index contributed by atoms with van der Waals surface area (Å²) in [5.41, 5.74) is 7.60. The third-order valence-corrected chi connectivity index (χ3v) is 2.52. The summed E-state index contributed by atoms with van der Waals surface area (Å²) in [5, 5.41) is 0. The predicted molar refractivity (Wildman–Crippen MR) is 64.9 cm³/mol. The zero-order chi connectivity index (χ0) is 13.1. The van der Waals surface area contributed by atoms with Gasteiger partial charge in [0.25, 0.3) is 0 Å². The van der Waals surface area contributed by atoms with Crippen LogP contribution in [0, 0.1) is 0 Å². The standard InChI is InChI=1S/C12H16N2O4/c1-3-17-18-7-9-6-11-10(4-5-16-11)14(9)12(15)8(2)13/h4-6,8H,3,7,13H2,1-2H3. The van der Waals surface area contributed by atoms with Crippen molar-refractivity contribution in [2.24, 2.45) is 5.73 Å². The van der Waals surface area contributed by atoms with Crippen LogP contribution in [0.4, 0.5) is 0 Å². The maximum absolute atomic E-state index is 12.1. The summed E-state index contributed by atoms with van der Waals surface area (Å²) in [4.78, 5) is 21.9. The molecule has 6 nitrogen and oxygen atoms in total. The summed E-state index contributed by atoms with van der Waals surface area (Å²) in [7, 11) is 0. The van der Waals surface area contributed by atoms with Crippen molar-refractivity contribution in [3.8, 4) is 0 Å². The number of carbonyl (C=O) groups excluding carboxylic acids is 1. The van der Waals surface area contributed by atoms with Gasteiger partial charge in [-0.15, -0.1) is 0 Å². The molecule has 0 aromatic carbocycles. The second kappa shape index (κ2) is 5.34. The van der Waals surface area contributed by atoms with E-state index in [0.717, 1.165) is 0 Å². The molecule has 0 saturated heterocycles. The number of fused-ring (bicyclic) bond motifs is 1. The van der Waals surface area contributed by atoms with Crippen molar-refractivity contribution < 1.29 is 19.0 Å². The van der Waals surface area contributed by atoms with Gasteiger partial charge in [0.1, 0.15) is 6.61 Å². The quantitative estimate of drug-likeness (QED) is 0.497. The topological polar surface area (TPSA) is 79.6 Å². The Bertz CT molecular complexity index is 541. The lowest BCUT2D eigenvalue weighted by Crippen LogP contribution is -2.32. The minimum atomic E-state index is -0.596. The van der Waals surface area contributed by atoms with Crippen LogP contribution in [0.5, 0.6) is 0 Å². The van der Waals surface area contributed by atoms with E-state index < -0.39 is 6.04 Å². The first kappa shape index (κ1) is 12.8. The molecular formula is C12H16N2O4. The third-order valence-electron chi connectivity index (χ3n) is 2.52. The van der Waals surface area contributed by atoms with Gasteiger partial charge in [-0.05, 0) is 13.8 Å². The molecule has 0 spiro atoms. The van der Waals surface area contributed by atoms with Crippen molar-refractivity contribution in [1.82, 2.24) is 4.57 Å². The zero-order valence-electron chi connectivity index (χ0n) is 10.4. The van der Waals surface area contributed by atoms with E-state index in [-0.39, 0.29) is 12.5 Å². The SMILES string of the molecule is CCOOCc1cc2occc2n1C(=O)C(C)N. The van der Waals surface area contributed by atoms with E-state index >= 15 is 0 Å². The van der Waals surface area contributed by atoms with Gasteiger partial charge in [0.05, 0.1) is 30.1 Å². The van der Waals surface area contributed by atoms with Crippen molar-refractivity contribution >= 4 is 17.0 Å². The normalized spacial score (nSPS) is 13.1. The van der Waals surface area contributed by atoms with Crippen LogP contribution in [0.1, 0.15) is 24.3 Å². The molecule has 2 aromatic heterocycles. The number of hydrogen-bond donors (Lipinski definition) is 1. The van der Waals surface area contributed by atoms with E-state index in [1.807, 2.05) is 6.92 Å². The summed E-state index contributed by atoms with van der Waals surface area (Å²) >= 11 is 0. The predicted octanol–water partition coefficient (Wildman–Crippen LogP) is 1.69. The van der Waals surface area contributed by atoms with Crippen molar-refractivity contribution in [1.29, 1.82) is 0 Å². The molecule has 18 heavy (non-hydrogen) atoms. The molecule has 2 aromatic rings. The maximum atomic E-state index is 12.1. The summed E-state index contributed by atoms with van der Waals surface area (Å²) < 4.78 is 6.77. The molecule has 0 amide bonds. The Balaban J connectivity index is 2.35. The van der Waals surface area contributed by atoms with Crippen molar-refractivity contribution in [3.05, 3.63) is 24.1 Å². The molecule has 0 aliphatic rings. The molecule has 0 radical (unpaired) electrons. The maximum Gasteiger partial charge on any atom is 0.248 e. The van der Waals surface area contributed by atoms with Gasteiger partial charge >= 0.3 is 0 Å². The van der Waals surface area contributed by atoms with E-state index in [0.29, 0.717) is 23.4 Å². The Kier molecular flexibility index (Phi) is 3.81. The molecular weight excluding hydrogens is 236 g/mol. The highest BCUT2D eigenvalue weighted by Gasteiger charge is 2.19. The molecule has 0 fully saturated rings. The largest absolute Gasteiger partial charge is 0.463 e. The van der Waals surface area contributed by atoms with Gasteiger partial charge in [0.2, 0.25) is 5.91 Å². The van der Waals surface area contributed by atoms with Crippen molar-refractivity contribution in [2.45, 2.75) is 26.5 Å². The van der Waals surface area contributed by atoms with Gasteiger partial charge in [-0.25, -0.2) is 9.78 Å². The van der Waals surface area contributed by atoms with Gasteiger partial charge < -0.3 is 10.2 Å². The van der Waals surface area contributed by atoms with E-state index in [4.69, 9.17) is 19.9 Å². The second-order valence-corrected chi connectivity index (χ2v) is 3.94. The lowest BCUT2D eigenvalue weighted by Gasteiger charge is -2.10. The van der Waals surface area contributed by atoms with Crippen LogP contribution < -0.4 is 5.73 Å². The summed E-state index contributed by atoms with van der Waals surface area (Å²) in [6.07, 6.45) is 1.53. The Labute approximate surface area is 104 Å². The van der Waals surface area contributed by atoms with Crippen molar-refractivity contribution in [2.75, 3.05) is 6.61 Å². The lowest BCUT2D eigenvalue weighted by atomic mass is 10.3. The molecule has 0 aliphatic carbocycles. The molecule has 98 valence electrons. The van der Waals surface area contributed by atoms with Crippen molar-refractivity contribution in [3.63, 3.8) is 0 Å². The molecule has 0 saturated carbocycles. The van der Waals surface area contributed by atoms with Crippen LogP contribution >= 0.6 is 0 Å². The molecule has 2 rings (SSSR count). The zero-order valence-corrected chi connectivity index (χ0v) is 10.4. The van der Waals surface area contributed by atoms with Gasteiger partial charge in [-0.1, -0.05) is 0 Å². The first-order valence-corrected chi connectivity index (χ1v) is 5.77. The Hall–Kier alpha value is -1.63. The molecule has 2 N–H and O–H groups in total. The van der Waals surface area contributed by atoms with Gasteiger partial charge in [-0.2, -0.15) is 0 Å². The smallest absolute Gasteiger partial charge is 0.248 e. The van der Waals surface area contributed by atoms with Gasteiger partial charge in [-0.3, -0.25) is 9.36 Å². The fraction of sp³-hybridized carbons (Fsp3) is 0.417. The Morgan fingerprint density at radius 2 is 2.33 bits per heavy atom. The highest BCUT2D eigenvalue weighted by molar-refractivity contribution is 5.94. The summed E-state index contributed by atoms with van der Waals surface area (Å²) in [5.74, 6) is -0.207. The van der Waals surface area contributed by atoms with Crippen LogP contribution in [0.25, 0.3) is 11.1 Å². The van der Waals surface area contributed by atoms with E-state index in [2.05, 4.69) is 0 Å². The third kappa shape index (κ3) is 2.31. The highest BCUT2D eigenvalue weighted by Crippen LogP contribution is 2.22. The number of aromatic nitrogens is 1. The number of nitrogens with two attached hydrogens (primary N) is 1. The van der Waals surface area contributed by atoms with E-state index in [1.54, 1.807) is 19.1 Å². The minimum absolute atomic E-state index is 0.163. The van der Waals surface area contributed by atoms with E-state index in [1.165, 1.54) is 10.8 Å². The number of rotatable bonds is 5. The first-order valence-electron chi connectivity index (χ1n) is 5.77. The lowest BCUT2D eigenvalue weighted by molar-refractivity contribution is -0.301. The van der Waals surface area contributed by atoms with Gasteiger partial charge in [0.15, 0.2) is 5.58 Å². The molecule has 1 unspecified atom stereocenters. The van der Waals surface area contributed by atoms with Crippen LogP contribution in [0.15, 0.2) is 22.8 Å². The number of nitrogens with zero attached hydrogens (tertiary/aromatic N) is 1. The van der Waals surface area contributed by atoms with Crippen LogP contribution in [0.3, 0.4) is 0 Å². The molecule has 1 atom stereocenters. The van der Waals surface area contributed by atoms with Crippen LogP contribution in [0.2, 0.25) is 0 Å². The van der Waals surface area contributed by atoms with Gasteiger partial charge in [0, 0.05) is 12.1 Å². The minimum Gasteiger partial charge on any atom is -0.463 e. The Morgan fingerprint density at radius 1 is 1.56 bits per heavy atom. The molecule has 2 heterocycles. The van der Waals surface area contributed by atoms with E-state index in [9.17, 15) is 4.79 Å².